The molecule has 0 spiro atoms. The number of anilines is 1. The summed E-state index contributed by atoms with van der Waals surface area (Å²) in [6.07, 6.45) is 2.75. The molecule has 2 fully saturated rings. The number of aliphatic carboxylic acids is 1. The number of thiazole rings is 1. The molecule has 0 radical (unpaired) electrons. The van der Waals surface area contributed by atoms with E-state index in [0.29, 0.717) is 5.13 Å². The quantitative estimate of drug-likeness (QED) is 0.818. The van der Waals surface area contributed by atoms with Gasteiger partial charge >= 0.3 is 5.97 Å². The van der Waals surface area contributed by atoms with Crippen molar-refractivity contribution in [3.63, 3.8) is 0 Å². The number of amides is 1. The molecule has 5 nitrogen and oxygen atoms in total. The Balaban J connectivity index is 1.58. The number of hydrogen-bond acceptors (Lipinski definition) is 4. The number of nitrogens with zero attached hydrogens (tertiary/aromatic N) is 1. The lowest BCUT2D eigenvalue weighted by Gasteiger charge is -2.26. The van der Waals surface area contributed by atoms with Crippen LogP contribution in [0, 0.1) is 44.4 Å². The van der Waals surface area contributed by atoms with Crippen LogP contribution in [0.1, 0.15) is 35.3 Å². The third-order valence-electron chi connectivity index (χ3n) is 6.18. The third-order valence-corrected chi connectivity index (χ3v) is 7.07. The van der Waals surface area contributed by atoms with Crippen LogP contribution in [0.2, 0.25) is 0 Å². The van der Waals surface area contributed by atoms with E-state index in [1.165, 1.54) is 16.9 Å². The molecule has 4 atom stereocenters. The van der Waals surface area contributed by atoms with Crippen molar-refractivity contribution in [2.45, 2.75) is 40.0 Å². The van der Waals surface area contributed by atoms with Crippen molar-refractivity contribution in [3.05, 3.63) is 34.2 Å². The van der Waals surface area contributed by atoms with Crippen molar-refractivity contribution in [2.24, 2.45) is 23.7 Å². The van der Waals surface area contributed by atoms with Gasteiger partial charge in [-0.2, -0.15) is 0 Å². The highest BCUT2D eigenvalue weighted by molar-refractivity contribution is 7.16. The van der Waals surface area contributed by atoms with Crippen molar-refractivity contribution in [1.82, 2.24) is 4.98 Å². The Morgan fingerprint density at radius 3 is 2.56 bits per heavy atom. The molecule has 2 bridgehead atoms. The third kappa shape index (κ3) is 3.16. The van der Waals surface area contributed by atoms with Crippen LogP contribution in [-0.4, -0.2) is 22.0 Å². The fourth-order valence-corrected chi connectivity index (χ4v) is 5.73. The minimum absolute atomic E-state index is 0.145. The highest BCUT2D eigenvalue weighted by Gasteiger charge is 2.54. The highest BCUT2D eigenvalue weighted by atomic mass is 32.1. The van der Waals surface area contributed by atoms with Gasteiger partial charge in [-0.1, -0.05) is 17.7 Å². The Morgan fingerprint density at radius 2 is 1.85 bits per heavy atom. The molecule has 1 amide bonds. The Labute approximate surface area is 162 Å². The number of nitrogens with one attached hydrogen (secondary N) is 1. The number of aromatic nitrogens is 1. The van der Waals surface area contributed by atoms with E-state index in [2.05, 4.69) is 42.3 Å². The zero-order valence-electron chi connectivity index (χ0n) is 15.8. The predicted molar refractivity (Wildman–Crippen MR) is 106 cm³/mol. The molecule has 0 aliphatic heterocycles. The summed E-state index contributed by atoms with van der Waals surface area (Å²) in [4.78, 5) is 30.3. The lowest BCUT2D eigenvalue weighted by molar-refractivity contribution is -0.148. The van der Waals surface area contributed by atoms with Crippen LogP contribution >= 0.6 is 11.3 Å². The van der Waals surface area contributed by atoms with Gasteiger partial charge in [0.2, 0.25) is 5.91 Å². The molecule has 6 heteroatoms. The van der Waals surface area contributed by atoms with Gasteiger partial charge in [-0.05, 0) is 63.5 Å². The van der Waals surface area contributed by atoms with Crippen LogP contribution in [-0.2, 0) is 9.59 Å². The maximum Gasteiger partial charge on any atom is 0.307 e. The van der Waals surface area contributed by atoms with E-state index in [1.54, 1.807) is 0 Å². The van der Waals surface area contributed by atoms with E-state index in [9.17, 15) is 14.7 Å². The number of rotatable bonds is 4. The summed E-state index contributed by atoms with van der Waals surface area (Å²) in [5, 5.41) is 13.1. The molecule has 2 aliphatic carbocycles. The maximum atomic E-state index is 12.9. The molecule has 1 aromatic carbocycles. The molecule has 2 aromatic rings. The summed E-state index contributed by atoms with van der Waals surface area (Å²) in [7, 11) is 0. The number of carbonyl (C=O) groups is 2. The molecule has 2 aliphatic rings. The number of carboxylic acid groups (broad SMARTS) is 1. The topological polar surface area (TPSA) is 79.3 Å². The zero-order valence-corrected chi connectivity index (χ0v) is 16.6. The van der Waals surface area contributed by atoms with Crippen LogP contribution in [0.3, 0.4) is 0 Å². The first-order chi connectivity index (χ1) is 12.8. The minimum atomic E-state index is -0.839. The van der Waals surface area contributed by atoms with Gasteiger partial charge in [-0.15, -0.1) is 11.3 Å². The zero-order chi connectivity index (χ0) is 19.3. The van der Waals surface area contributed by atoms with Gasteiger partial charge in [-0.25, -0.2) is 4.98 Å². The molecule has 1 heterocycles. The van der Waals surface area contributed by atoms with Gasteiger partial charge in [0.15, 0.2) is 5.13 Å². The summed E-state index contributed by atoms with van der Waals surface area (Å²) in [5.41, 5.74) is 4.28. The molecule has 2 N–H and O–H groups in total. The molecular formula is C21H24N2O3S. The number of aryl methyl sites for hydroxylation is 3. The average molecular weight is 385 g/mol. The number of benzene rings is 1. The van der Waals surface area contributed by atoms with Crippen LogP contribution in [0.4, 0.5) is 5.13 Å². The van der Waals surface area contributed by atoms with Gasteiger partial charge in [-0.3, -0.25) is 9.59 Å². The lowest BCUT2D eigenvalue weighted by Crippen LogP contribution is -2.37. The summed E-state index contributed by atoms with van der Waals surface area (Å²) in [6, 6.07) is 6.26. The Kier molecular flexibility index (Phi) is 4.54. The molecule has 0 saturated heterocycles. The predicted octanol–water partition coefficient (Wildman–Crippen LogP) is 4.42. The van der Waals surface area contributed by atoms with Gasteiger partial charge in [0, 0.05) is 10.4 Å². The van der Waals surface area contributed by atoms with E-state index in [0.717, 1.165) is 41.0 Å². The second-order valence-corrected chi connectivity index (χ2v) is 9.16. The van der Waals surface area contributed by atoms with Crippen molar-refractivity contribution < 1.29 is 14.7 Å². The Morgan fingerprint density at radius 1 is 1.15 bits per heavy atom. The molecule has 27 heavy (non-hydrogen) atoms. The smallest absolute Gasteiger partial charge is 0.307 e. The van der Waals surface area contributed by atoms with E-state index >= 15 is 0 Å². The van der Waals surface area contributed by atoms with E-state index in [-0.39, 0.29) is 17.7 Å². The first kappa shape index (κ1) is 18.2. The molecule has 4 rings (SSSR count). The summed E-state index contributed by atoms with van der Waals surface area (Å²) < 4.78 is 0. The van der Waals surface area contributed by atoms with Gasteiger partial charge in [0.1, 0.15) is 0 Å². The number of carbonyl (C=O) groups excluding carboxylic acids is 1. The van der Waals surface area contributed by atoms with E-state index in [1.807, 2.05) is 6.92 Å². The Bertz CT molecular complexity index is 920. The maximum absolute atomic E-state index is 12.9. The molecule has 1 aromatic heterocycles. The second-order valence-electron chi connectivity index (χ2n) is 7.95. The fraction of sp³-hybridized carbons (Fsp3) is 0.476. The first-order valence-corrected chi connectivity index (χ1v) is 10.3. The summed E-state index contributed by atoms with van der Waals surface area (Å²) in [6.45, 7) is 6.11. The van der Waals surface area contributed by atoms with Crippen LogP contribution in [0.25, 0.3) is 11.3 Å². The van der Waals surface area contributed by atoms with Gasteiger partial charge < -0.3 is 10.4 Å². The second kappa shape index (κ2) is 6.75. The van der Waals surface area contributed by atoms with Crippen molar-refractivity contribution in [1.29, 1.82) is 0 Å². The Hall–Kier alpha value is -2.21. The van der Waals surface area contributed by atoms with Crippen molar-refractivity contribution in [3.8, 4) is 11.3 Å². The van der Waals surface area contributed by atoms with Crippen LogP contribution < -0.4 is 5.32 Å². The molecule has 2 saturated carbocycles. The van der Waals surface area contributed by atoms with Crippen LogP contribution in [0.15, 0.2) is 18.2 Å². The van der Waals surface area contributed by atoms with Crippen LogP contribution in [0.5, 0.6) is 0 Å². The normalized spacial score (nSPS) is 26.3. The monoisotopic (exact) mass is 384 g/mol. The van der Waals surface area contributed by atoms with Crippen molar-refractivity contribution >= 4 is 28.3 Å². The molecular weight excluding hydrogens is 360 g/mol. The summed E-state index contributed by atoms with van der Waals surface area (Å²) in [5.74, 6) is -1.68. The van der Waals surface area contributed by atoms with Crippen molar-refractivity contribution in [2.75, 3.05) is 5.32 Å². The lowest BCUT2D eigenvalue weighted by atomic mass is 9.79. The molecule has 4 unspecified atom stereocenters. The number of carboxylic acids is 1. The largest absolute Gasteiger partial charge is 0.481 e. The van der Waals surface area contributed by atoms with E-state index in [4.69, 9.17) is 0 Å². The standard InChI is InChI=1S/C21H24N2O3S/c1-10-4-5-11(2)15(8-10)18-12(3)27-21(22-18)23-19(24)16-13-6-7-14(9-13)17(16)20(25)26/h4-5,8,13-14,16-17H,6-7,9H2,1-3H3,(H,25,26)(H,22,23,24). The van der Waals surface area contributed by atoms with E-state index < -0.39 is 17.8 Å². The minimum Gasteiger partial charge on any atom is -0.481 e. The fourth-order valence-electron chi connectivity index (χ4n) is 4.90. The first-order valence-electron chi connectivity index (χ1n) is 9.44. The number of fused-ring (bicyclic) bond motifs is 2. The molecule has 142 valence electrons. The summed E-state index contributed by atoms with van der Waals surface area (Å²) >= 11 is 1.45. The van der Waals surface area contributed by atoms with Gasteiger partial charge in [0.05, 0.1) is 17.5 Å². The van der Waals surface area contributed by atoms with Gasteiger partial charge in [0.25, 0.3) is 0 Å². The average Bonchev–Trinajstić information content (AvgIpc) is 3.31. The SMILES string of the molecule is Cc1ccc(C)c(-c2nc(NC(=O)C3C4CCC(C4)C3C(=O)O)sc2C)c1. The highest BCUT2D eigenvalue weighted by Crippen LogP contribution is 2.52. The number of hydrogen-bond donors (Lipinski definition) is 2.